The van der Waals surface area contributed by atoms with Crippen LogP contribution in [0.5, 0.6) is 0 Å². The molecule has 0 aromatic carbocycles. The van der Waals surface area contributed by atoms with Gasteiger partial charge in [0.15, 0.2) is 0 Å². The summed E-state index contributed by atoms with van der Waals surface area (Å²) in [6.45, 7) is 0.393. The fourth-order valence-corrected chi connectivity index (χ4v) is 5.33. The van der Waals surface area contributed by atoms with E-state index in [1.54, 1.807) is 6.20 Å². The first-order chi connectivity index (χ1) is 12.7. The van der Waals surface area contributed by atoms with E-state index < -0.39 is 0 Å². The van der Waals surface area contributed by atoms with Gasteiger partial charge in [-0.15, -0.1) is 0 Å². The summed E-state index contributed by atoms with van der Waals surface area (Å²) >= 11 is 0. The van der Waals surface area contributed by atoms with E-state index in [1.165, 1.54) is 5.71 Å². The van der Waals surface area contributed by atoms with Crippen molar-refractivity contribution in [3.8, 4) is 0 Å². The molecule has 0 spiro atoms. The summed E-state index contributed by atoms with van der Waals surface area (Å²) in [6, 6.07) is -0.389. The average Bonchev–Trinajstić information content (AvgIpc) is 3.25. The summed E-state index contributed by atoms with van der Waals surface area (Å²) in [4.78, 5) is 15.5. The predicted octanol–water partition coefficient (Wildman–Crippen LogP) is 2.25. The zero-order chi connectivity index (χ0) is 17.7. The highest BCUT2D eigenvalue weighted by Gasteiger charge is 2.46. The second-order valence-corrected chi connectivity index (χ2v) is 8.07. The minimum atomic E-state index is -0.389. The van der Waals surface area contributed by atoms with Gasteiger partial charge < -0.3 is 9.47 Å². The summed E-state index contributed by atoms with van der Waals surface area (Å²) in [5.41, 5.74) is 1.21. The quantitative estimate of drug-likeness (QED) is 0.596. The van der Waals surface area contributed by atoms with Gasteiger partial charge in [-0.2, -0.15) is 5.10 Å². The highest BCUT2D eigenvalue weighted by molar-refractivity contribution is 5.89. The maximum Gasteiger partial charge on any atom is 0.213 e. The van der Waals surface area contributed by atoms with Crippen molar-refractivity contribution in [3.63, 3.8) is 0 Å². The first-order valence-corrected chi connectivity index (χ1v) is 9.66. The van der Waals surface area contributed by atoms with Gasteiger partial charge in [0.05, 0.1) is 12.2 Å². The van der Waals surface area contributed by atoms with Crippen LogP contribution < -0.4 is 0 Å². The SMILES string of the molecule is O=[N+]([O-])C1CCC(C2=Nn3ccnc3CC3CC4OCOC4CC23)CC1. The number of ether oxygens (including phenoxy) is 2. The summed E-state index contributed by atoms with van der Waals surface area (Å²) < 4.78 is 13.5. The number of nitrogens with zero attached hydrogens (tertiary/aromatic N) is 4. The Hall–Kier alpha value is -1.80. The Morgan fingerprint density at radius 1 is 1.15 bits per heavy atom. The smallest absolute Gasteiger partial charge is 0.213 e. The van der Waals surface area contributed by atoms with Crippen LogP contribution in [0.2, 0.25) is 0 Å². The predicted molar refractivity (Wildman–Crippen MR) is 92.3 cm³/mol. The molecule has 1 aromatic rings. The minimum Gasteiger partial charge on any atom is -0.349 e. The Kier molecular flexibility index (Phi) is 4.04. The van der Waals surface area contributed by atoms with E-state index in [4.69, 9.17) is 14.6 Å². The highest BCUT2D eigenvalue weighted by atomic mass is 16.7. The van der Waals surface area contributed by atoms with Gasteiger partial charge in [-0.05, 0) is 37.5 Å². The Labute approximate surface area is 151 Å². The van der Waals surface area contributed by atoms with E-state index in [-0.39, 0.29) is 23.2 Å². The first-order valence-electron chi connectivity index (χ1n) is 9.66. The van der Waals surface area contributed by atoms with Gasteiger partial charge in [0.1, 0.15) is 12.6 Å². The fourth-order valence-electron chi connectivity index (χ4n) is 5.33. The third-order valence-electron chi connectivity index (χ3n) is 6.73. The minimum absolute atomic E-state index is 0.114. The molecule has 0 bridgehead atoms. The normalized spacial score (nSPS) is 39.3. The molecule has 26 heavy (non-hydrogen) atoms. The molecule has 4 unspecified atom stereocenters. The van der Waals surface area contributed by atoms with E-state index in [9.17, 15) is 10.1 Å². The number of aromatic nitrogens is 2. The second-order valence-electron chi connectivity index (χ2n) is 8.07. The van der Waals surface area contributed by atoms with Gasteiger partial charge in [-0.1, -0.05) is 0 Å². The van der Waals surface area contributed by atoms with E-state index in [0.29, 0.717) is 37.4 Å². The Balaban J connectivity index is 1.44. The average molecular weight is 360 g/mol. The summed E-state index contributed by atoms with van der Waals surface area (Å²) in [5.74, 6) is 2.14. The van der Waals surface area contributed by atoms with Crippen LogP contribution in [0, 0.1) is 27.9 Å². The summed E-state index contributed by atoms with van der Waals surface area (Å²) in [7, 11) is 0. The molecule has 0 radical (unpaired) electrons. The van der Waals surface area contributed by atoms with Crippen molar-refractivity contribution in [1.29, 1.82) is 0 Å². The maximum atomic E-state index is 11.1. The summed E-state index contributed by atoms with van der Waals surface area (Å²) in [5, 5.41) is 16.1. The topological polar surface area (TPSA) is 91.8 Å². The molecular formula is C18H24N4O4. The van der Waals surface area contributed by atoms with Gasteiger partial charge in [-0.25, -0.2) is 9.66 Å². The van der Waals surface area contributed by atoms with Crippen LogP contribution in [0.1, 0.15) is 44.3 Å². The molecule has 140 valence electrons. The molecular weight excluding hydrogens is 336 g/mol. The number of imidazole rings is 1. The third kappa shape index (κ3) is 2.75. The van der Waals surface area contributed by atoms with Crippen LogP contribution >= 0.6 is 0 Å². The van der Waals surface area contributed by atoms with E-state index in [0.717, 1.165) is 37.9 Å². The van der Waals surface area contributed by atoms with Crippen LogP contribution in [-0.4, -0.2) is 45.3 Å². The van der Waals surface area contributed by atoms with E-state index in [1.807, 2.05) is 10.9 Å². The lowest BCUT2D eigenvalue weighted by Crippen LogP contribution is -2.43. The lowest BCUT2D eigenvalue weighted by atomic mass is 9.68. The molecule has 4 aliphatic rings. The fraction of sp³-hybridized carbons (Fsp3) is 0.778. The van der Waals surface area contributed by atoms with Gasteiger partial charge in [-0.3, -0.25) is 10.1 Å². The molecule has 0 amide bonds. The molecule has 8 heteroatoms. The van der Waals surface area contributed by atoms with Crippen molar-refractivity contribution in [2.24, 2.45) is 22.9 Å². The van der Waals surface area contributed by atoms with Gasteiger partial charge in [0, 0.05) is 48.2 Å². The molecule has 2 aliphatic heterocycles. The number of nitro groups is 1. The molecule has 5 rings (SSSR count). The van der Waals surface area contributed by atoms with Crippen molar-refractivity contribution in [1.82, 2.24) is 9.66 Å². The van der Waals surface area contributed by atoms with Crippen molar-refractivity contribution < 1.29 is 14.4 Å². The molecule has 3 heterocycles. The lowest BCUT2D eigenvalue weighted by molar-refractivity contribution is -0.526. The van der Waals surface area contributed by atoms with Crippen molar-refractivity contribution in [2.45, 2.75) is 63.2 Å². The van der Waals surface area contributed by atoms with E-state index >= 15 is 0 Å². The largest absolute Gasteiger partial charge is 0.349 e. The Morgan fingerprint density at radius 3 is 2.69 bits per heavy atom. The molecule has 2 saturated carbocycles. The van der Waals surface area contributed by atoms with Crippen LogP contribution in [0.15, 0.2) is 17.5 Å². The van der Waals surface area contributed by atoms with Crippen LogP contribution in [0.4, 0.5) is 0 Å². The van der Waals surface area contributed by atoms with Crippen molar-refractivity contribution >= 4 is 5.71 Å². The highest BCUT2D eigenvalue weighted by Crippen LogP contribution is 2.43. The monoisotopic (exact) mass is 360 g/mol. The zero-order valence-corrected chi connectivity index (χ0v) is 14.7. The van der Waals surface area contributed by atoms with Gasteiger partial charge in [0.25, 0.3) is 0 Å². The van der Waals surface area contributed by atoms with Crippen LogP contribution in [0.3, 0.4) is 0 Å². The van der Waals surface area contributed by atoms with Crippen molar-refractivity contribution in [2.75, 3.05) is 6.79 Å². The second kappa shape index (κ2) is 6.42. The van der Waals surface area contributed by atoms with Crippen LogP contribution in [-0.2, 0) is 15.9 Å². The van der Waals surface area contributed by atoms with Crippen molar-refractivity contribution in [3.05, 3.63) is 28.3 Å². The van der Waals surface area contributed by atoms with Crippen LogP contribution in [0.25, 0.3) is 0 Å². The first kappa shape index (κ1) is 16.4. The molecule has 2 aliphatic carbocycles. The third-order valence-corrected chi connectivity index (χ3v) is 6.73. The number of hydrogen-bond donors (Lipinski definition) is 0. The molecule has 0 N–H and O–H groups in total. The molecule has 3 fully saturated rings. The lowest BCUT2D eigenvalue weighted by Gasteiger charge is -2.38. The maximum absolute atomic E-state index is 11.1. The Morgan fingerprint density at radius 2 is 1.92 bits per heavy atom. The standard InChI is InChI=1S/C18H24N4O4/c23-22(24)13-3-1-11(2-4-13)18-14-9-16-15(25-10-26-16)7-12(14)8-17-19-5-6-21(17)20-18/h5-6,11-16H,1-4,7-10H2. The molecule has 8 nitrogen and oxygen atoms in total. The number of hydrogen-bond acceptors (Lipinski definition) is 6. The molecule has 4 atom stereocenters. The molecule has 1 aromatic heterocycles. The number of fused-ring (bicyclic) bond motifs is 3. The number of rotatable bonds is 2. The van der Waals surface area contributed by atoms with E-state index in [2.05, 4.69) is 4.98 Å². The van der Waals surface area contributed by atoms with Gasteiger partial charge >= 0.3 is 0 Å². The van der Waals surface area contributed by atoms with Gasteiger partial charge in [0.2, 0.25) is 6.04 Å². The summed E-state index contributed by atoms with van der Waals surface area (Å²) in [6.07, 6.45) is 9.89. The zero-order valence-electron chi connectivity index (χ0n) is 14.7. The molecule has 1 saturated heterocycles. The Bertz CT molecular complexity index is 725.